The van der Waals surface area contributed by atoms with Crippen molar-refractivity contribution in [3.63, 3.8) is 0 Å². The Hall–Kier alpha value is -3.52. The van der Waals surface area contributed by atoms with Crippen LogP contribution in [0.5, 0.6) is 5.75 Å². The van der Waals surface area contributed by atoms with Gasteiger partial charge in [0.25, 0.3) is 0 Å². The average molecular weight is 367 g/mol. The van der Waals surface area contributed by atoms with Crippen molar-refractivity contribution in [3.05, 3.63) is 76.1 Å². The lowest BCUT2D eigenvalue weighted by Gasteiger charge is -2.07. The number of rotatable bonds is 4. The molecule has 0 aliphatic carbocycles. The molecule has 2 aromatic carbocycles. The highest BCUT2D eigenvalue weighted by atomic mass is 32.1. The van der Waals surface area contributed by atoms with Crippen molar-refractivity contribution >= 4 is 40.5 Å². The van der Waals surface area contributed by atoms with Crippen LogP contribution in [-0.4, -0.2) is 17.3 Å². The third kappa shape index (κ3) is 3.93. The predicted octanol–water partition coefficient (Wildman–Crippen LogP) is 2.18. The van der Waals surface area contributed by atoms with E-state index in [0.717, 1.165) is 0 Å². The molecule has 8 heteroatoms. The Labute approximate surface area is 153 Å². The molecule has 26 heavy (non-hydrogen) atoms. The molecule has 0 aliphatic rings. The smallest absolute Gasteiger partial charge is 0.351 e. The summed E-state index contributed by atoms with van der Waals surface area (Å²) in [4.78, 5) is 24.5. The van der Waals surface area contributed by atoms with E-state index in [0.29, 0.717) is 16.5 Å². The molecule has 0 atom stereocenters. The van der Waals surface area contributed by atoms with Crippen LogP contribution in [0.2, 0.25) is 0 Å². The third-order valence-corrected chi connectivity index (χ3v) is 3.45. The summed E-state index contributed by atoms with van der Waals surface area (Å²) in [5.74, 6) is -0.605. The van der Waals surface area contributed by atoms with Crippen LogP contribution >= 0.6 is 12.2 Å². The summed E-state index contributed by atoms with van der Waals surface area (Å²) < 4.78 is 10.5. The predicted molar refractivity (Wildman–Crippen MR) is 101 cm³/mol. The second-order valence-corrected chi connectivity index (χ2v) is 5.59. The first-order valence-corrected chi connectivity index (χ1v) is 7.88. The van der Waals surface area contributed by atoms with E-state index in [-0.39, 0.29) is 16.4 Å². The van der Waals surface area contributed by atoms with Gasteiger partial charge in [-0.2, -0.15) is 5.10 Å². The number of hydrogen-bond donors (Lipinski definition) is 2. The Morgan fingerprint density at radius 2 is 1.92 bits per heavy atom. The summed E-state index contributed by atoms with van der Waals surface area (Å²) >= 11 is 4.65. The van der Waals surface area contributed by atoms with Crippen LogP contribution < -0.4 is 21.5 Å². The van der Waals surface area contributed by atoms with E-state index in [1.165, 1.54) is 12.3 Å². The molecule has 0 fully saturated rings. The Morgan fingerprint density at radius 3 is 2.73 bits per heavy atom. The highest BCUT2D eigenvalue weighted by molar-refractivity contribution is 7.80. The van der Waals surface area contributed by atoms with E-state index in [1.54, 1.807) is 48.5 Å². The van der Waals surface area contributed by atoms with Crippen LogP contribution in [0.25, 0.3) is 11.0 Å². The van der Waals surface area contributed by atoms with Gasteiger partial charge in [-0.05, 0) is 36.5 Å². The van der Waals surface area contributed by atoms with Gasteiger partial charge in [-0.15, -0.1) is 0 Å². The lowest BCUT2D eigenvalue weighted by molar-refractivity contribution is 0.0730. The summed E-state index contributed by atoms with van der Waals surface area (Å²) in [5, 5.41) is 4.45. The summed E-state index contributed by atoms with van der Waals surface area (Å²) in [6.07, 6.45) is 1.39. The van der Waals surface area contributed by atoms with Crippen LogP contribution in [0, 0.1) is 0 Å². The quantitative estimate of drug-likeness (QED) is 0.182. The van der Waals surface area contributed by atoms with Gasteiger partial charge in [-0.1, -0.05) is 30.3 Å². The largest absolute Gasteiger partial charge is 0.422 e. The molecule has 1 heterocycles. The van der Waals surface area contributed by atoms with Crippen LogP contribution in [0.15, 0.2) is 68.9 Å². The number of carbonyl (C=O) groups excluding carboxylic acids is 1. The zero-order valence-corrected chi connectivity index (χ0v) is 14.2. The fourth-order valence-corrected chi connectivity index (χ4v) is 2.26. The molecule has 7 nitrogen and oxygen atoms in total. The molecule has 0 bridgehead atoms. The molecule has 0 unspecified atom stereocenters. The number of thiocarbonyl (C=S) groups is 1. The SMILES string of the molecule is NC(=S)N/N=C\c1ccccc1OC(=O)c1cc2ccccc2oc1=O. The fourth-order valence-electron chi connectivity index (χ4n) is 2.20. The number of nitrogens with one attached hydrogen (secondary N) is 1. The summed E-state index contributed by atoms with van der Waals surface area (Å²) in [7, 11) is 0. The number of hydrogen-bond acceptors (Lipinski definition) is 6. The van der Waals surface area contributed by atoms with Crippen molar-refractivity contribution in [2.24, 2.45) is 10.8 Å². The molecule has 0 saturated carbocycles. The van der Waals surface area contributed by atoms with E-state index in [1.807, 2.05) is 0 Å². The number of nitrogens with two attached hydrogens (primary N) is 1. The number of hydrazone groups is 1. The summed E-state index contributed by atoms with van der Waals surface area (Å²) in [6, 6.07) is 15.0. The van der Waals surface area contributed by atoms with Gasteiger partial charge in [0, 0.05) is 10.9 Å². The van der Waals surface area contributed by atoms with Crippen molar-refractivity contribution in [3.8, 4) is 5.75 Å². The number of fused-ring (bicyclic) bond motifs is 1. The van der Waals surface area contributed by atoms with Gasteiger partial charge >= 0.3 is 11.6 Å². The van der Waals surface area contributed by atoms with Gasteiger partial charge in [0.2, 0.25) is 0 Å². The molecule has 3 N–H and O–H groups in total. The second kappa shape index (κ2) is 7.58. The molecule has 0 aliphatic heterocycles. The molecule has 0 spiro atoms. The van der Waals surface area contributed by atoms with Gasteiger partial charge in [-0.3, -0.25) is 5.43 Å². The summed E-state index contributed by atoms with van der Waals surface area (Å²) in [6.45, 7) is 0. The van der Waals surface area contributed by atoms with Crippen LogP contribution in [0.4, 0.5) is 0 Å². The fraction of sp³-hybridized carbons (Fsp3) is 0. The molecular weight excluding hydrogens is 354 g/mol. The van der Waals surface area contributed by atoms with E-state index in [2.05, 4.69) is 22.7 Å². The minimum atomic E-state index is -0.826. The average Bonchev–Trinajstić information content (AvgIpc) is 2.62. The van der Waals surface area contributed by atoms with Crippen molar-refractivity contribution < 1.29 is 13.9 Å². The van der Waals surface area contributed by atoms with Crippen molar-refractivity contribution in [1.82, 2.24) is 5.43 Å². The molecule has 3 rings (SSSR count). The minimum Gasteiger partial charge on any atom is -0.422 e. The maximum absolute atomic E-state index is 12.4. The van der Waals surface area contributed by atoms with Crippen molar-refractivity contribution in [2.75, 3.05) is 0 Å². The second-order valence-electron chi connectivity index (χ2n) is 5.15. The van der Waals surface area contributed by atoms with E-state index >= 15 is 0 Å². The topological polar surface area (TPSA) is 107 Å². The highest BCUT2D eigenvalue weighted by Crippen LogP contribution is 2.18. The number of carbonyl (C=O) groups is 1. The van der Waals surface area contributed by atoms with Crippen molar-refractivity contribution in [2.45, 2.75) is 0 Å². The van der Waals surface area contributed by atoms with E-state index < -0.39 is 11.6 Å². The number of nitrogens with zero attached hydrogens (tertiary/aromatic N) is 1. The maximum atomic E-state index is 12.4. The Balaban J connectivity index is 1.89. The molecule has 130 valence electrons. The molecule has 3 aromatic rings. The maximum Gasteiger partial charge on any atom is 0.351 e. The molecule has 0 radical (unpaired) electrons. The lowest BCUT2D eigenvalue weighted by atomic mass is 10.2. The lowest BCUT2D eigenvalue weighted by Crippen LogP contribution is -2.24. The number of esters is 1. The molecule has 0 amide bonds. The first-order valence-electron chi connectivity index (χ1n) is 7.47. The zero-order valence-electron chi connectivity index (χ0n) is 13.3. The summed E-state index contributed by atoms with van der Waals surface area (Å²) in [5.41, 5.74) is 7.62. The first-order chi connectivity index (χ1) is 12.5. The van der Waals surface area contributed by atoms with Crippen LogP contribution in [-0.2, 0) is 0 Å². The normalized spacial score (nSPS) is 10.8. The number of para-hydroxylation sites is 2. The van der Waals surface area contributed by atoms with E-state index in [9.17, 15) is 9.59 Å². The van der Waals surface area contributed by atoms with Crippen molar-refractivity contribution in [1.29, 1.82) is 0 Å². The molecule has 0 saturated heterocycles. The zero-order chi connectivity index (χ0) is 18.5. The minimum absolute atomic E-state index is 0.00416. The van der Waals surface area contributed by atoms with Gasteiger partial charge < -0.3 is 14.9 Å². The van der Waals surface area contributed by atoms with E-state index in [4.69, 9.17) is 14.9 Å². The van der Waals surface area contributed by atoms with Gasteiger partial charge in [0.05, 0.1) is 6.21 Å². The van der Waals surface area contributed by atoms with Crippen LogP contribution in [0.1, 0.15) is 15.9 Å². The third-order valence-electron chi connectivity index (χ3n) is 3.36. The highest BCUT2D eigenvalue weighted by Gasteiger charge is 2.17. The molecular formula is C18H13N3O4S. The van der Waals surface area contributed by atoms with Gasteiger partial charge in [0.15, 0.2) is 5.11 Å². The van der Waals surface area contributed by atoms with Gasteiger partial charge in [-0.25, -0.2) is 9.59 Å². The Bertz CT molecular complexity index is 1080. The number of benzene rings is 2. The Kier molecular flexibility index (Phi) is 5.04. The van der Waals surface area contributed by atoms with Gasteiger partial charge in [0.1, 0.15) is 16.9 Å². The number of ether oxygens (including phenoxy) is 1. The Morgan fingerprint density at radius 1 is 1.19 bits per heavy atom. The first kappa shape index (κ1) is 17.3. The standard InChI is InChI=1S/C18H13N3O4S/c19-18(26)21-20-10-12-6-2-4-8-15(12)25-17(23)13-9-11-5-1-3-7-14(11)24-16(13)22/h1-10H,(H3,19,21,26)/b20-10-. The molecule has 1 aromatic heterocycles. The van der Waals surface area contributed by atoms with Crippen LogP contribution in [0.3, 0.4) is 0 Å². The monoisotopic (exact) mass is 367 g/mol.